The summed E-state index contributed by atoms with van der Waals surface area (Å²) in [7, 11) is 1.99. The number of guanidine groups is 1. The highest BCUT2D eigenvalue weighted by atomic mass is 16.5. The molecule has 0 bridgehead atoms. The van der Waals surface area contributed by atoms with Crippen molar-refractivity contribution in [2.75, 3.05) is 13.2 Å². The lowest BCUT2D eigenvalue weighted by molar-refractivity contribution is 0.271. The smallest absolute Gasteiger partial charge is 0.191 e. The van der Waals surface area contributed by atoms with Crippen molar-refractivity contribution < 1.29 is 4.74 Å². The Labute approximate surface area is 175 Å². The summed E-state index contributed by atoms with van der Waals surface area (Å²) >= 11 is 0. The molecular formula is C23H37N5O. The summed E-state index contributed by atoms with van der Waals surface area (Å²) in [6.45, 7) is 14.9. The summed E-state index contributed by atoms with van der Waals surface area (Å²) in [6, 6.07) is 8.43. The van der Waals surface area contributed by atoms with Crippen molar-refractivity contribution in [2.45, 2.75) is 60.5 Å². The molecule has 0 aliphatic carbocycles. The zero-order valence-corrected chi connectivity index (χ0v) is 19.0. The van der Waals surface area contributed by atoms with E-state index in [0.717, 1.165) is 42.5 Å². The van der Waals surface area contributed by atoms with E-state index in [1.165, 1.54) is 11.3 Å². The van der Waals surface area contributed by atoms with Gasteiger partial charge in [-0.1, -0.05) is 26.0 Å². The van der Waals surface area contributed by atoms with Crippen molar-refractivity contribution in [1.82, 2.24) is 20.4 Å². The standard InChI is InChI=1S/C23H37N5O/c1-8-24-23(26-17(4)12-22-18(5)27-28(7)19(22)6)25-14-20-10-9-11-21(13-20)29-15-16(2)3/h9-11,13,16-17H,8,12,14-15H2,1-7H3,(H2,24,25,26). The first-order valence-corrected chi connectivity index (χ1v) is 10.6. The van der Waals surface area contributed by atoms with Crippen LogP contribution in [0.25, 0.3) is 0 Å². The molecule has 0 aliphatic heterocycles. The molecule has 160 valence electrons. The Morgan fingerprint density at radius 3 is 2.62 bits per heavy atom. The number of aliphatic imine (C=N–C) groups is 1. The van der Waals surface area contributed by atoms with Crippen LogP contribution in [0.1, 0.15) is 50.2 Å². The lowest BCUT2D eigenvalue weighted by Gasteiger charge is -2.18. The quantitative estimate of drug-likeness (QED) is 0.498. The number of aryl methyl sites for hydroxylation is 2. The average Bonchev–Trinajstić information content (AvgIpc) is 2.91. The van der Waals surface area contributed by atoms with Gasteiger partial charge in [0.15, 0.2) is 5.96 Å². The van der Waals surface area contributed by atoms with Crippen molar-refractivity contribution in [2.24, 2.45) is 18.0 Å². The van der Waals surface area contributed by atoms with E-state index in [2.05, 4.69) is 69.4 Å². The number of hydrogen-bond donors (Lipinski definition) is 2. The van der Waals surface area contributed by atoms with Crippen LogP contribution in [0.15, 0.2) is 29.3 Å². The van der Waals surface area contributed by atoms with Crippen molar-refractivity contribution in [3.8, 4) is 5.75 Å². The molecule has 0 radical (unpaired) electrons. The molecule has 0 fully saturated rings. The Hall–Kier alpha value is -2.50. The van der Waals surface area contributed by atoms with E-state index >= 15 is 0 Å². The lowest BCUT2D eigenvalue weighted by Crippen LogP contribution is -2.43. The van der Waals surface area contributed by atoms with Gasteiger partial charge in [-0.3, -0.25) is 4.68 Å². The number of hydrogen-bond acceptors (Lipinski definition) is 3. The molecule has 1 atom stereocenters. The largest absolute Gasteiger partial charge is 0.493 e. The highest BCUT2D eigenvalue weighted by Gasteiger charge is 2.14. The summed E-state index contributed by atoms with van der Waals surface area (Å²) in [6.07, 6.45) is 0.911. The van der Waals surface area contributed by atoms with Crippen LogP contribution in [0.4, 0.5) is 0 Å². The van der Waals surface area contributed by atoms with Gasteiger partial charge in [-0.25, -0.2) is 4.99 Å². The molecule has 2 N–H and O–H groups in total. The zero-order valence-electron chi connectivity index (χ0n) is 19.0. The summed E-state index contributed by atoms with van der Waals surface area (Å²) in [5.41, 5.74) is 4.75. The number of aromatic nitrogens is 2. The molecule has 0 saturated heterocycles. The minimum absolute atomic E-state index is 0.245. The average molecular weight is 400 g/mol. The first-order valence-electron chi connectivity index (χ1n) is 10.6. The lowest BCUT2D eigenvalue weighted by atomic mass is 10.1. The van der Waals surface area contributed by atoms with Crippen LogP contribution in [0.2, 0.25) is 0 Å². The van der Waals surface area contributed by atoms with Gasteiger partial charge < -0.3 is 15.4 Å². The minimum atomic E-state index is 0.245. The third-order valence-corrected chi connectivity index (χ3v) is 4.80. The Bertz CT molecular complexity index is 810. The molecule has 0 spiro atoms. The predicted molar refractivity (Wildman–Crippen MR) is 121 cm³/mol. The molecule has 1 unspecified atom stereocenters. The Balaban J connectivity index is 2.01. The van der Waals surface area contributed by atoms with Gasteiger partial charge in [-0.15, -0.1) is 0 Å². The van der Waals surface area contributed by atoms with E-state index in [1.54, 1.807) is 0 Å². The highest BCUT2D eigenvalue weighted by Crippen LogP contribution is 2.16. The molecule has 2 rings (SSSR count). The number of nitrogens with zero attached hydrogens (tertiary/aromatic N) is 3. The second-order valence-corrected chi connectivity index (χ2v) is 8.07. The van der Waals surface area contributed by atoms with E-state index in [9.17, 15) is 0 Å². The number of ether oxygens (including phenoxy) is 1. The van der Waals surface area contributed by atoms with Crippen LogP contribution in [0.5, 0.6) is 5.75 Å². The van der Waals surface area contributed by atoms with E-state index in [0.29, 0.717) is 12.5 Å². The second kappa shape index (κ2) is 10.9. The summed E-state index contributed by atoms with van der Waals surface area (Å²) < 4.78 is 7.78. The SMILES string of the molecule is CCNC(=NCc1cccc(OCC(C)C)c1)NC(C)Cc1c(C)nn(C)c1C. The molecule has 6 heteroatoms. The maximum Gasteiger partial charge on any atom is 0.191 e. The third kappa shape index (κ3) is 7.11. The summed E-state index contributed by atoms with van der Waals surface area (Å²) in [5.74, 6) is 2.24. The summed E-state index contributed by atoms with van der Waals surface area (Å²) in [5, 5.41) is 11.4. The normalized spacial score (nSPS) is 12.9. The molecule has 2 aromatic rings. The van der Waals surface area contributed by atoms with E-state index < -0.39 is 0 Å². The van der Waals surface area contributed by atoms with Gasteiger partial charge in [-0.05, 0) is 63.3 Å². The van der Waals surface area contributed by atoms with Gasteiger partial charge in [0.2, 0.25) is 0 Å². The fourth-order valence-electron chi connectivity index (χ4n) is 3.19. The zero-order chi connectivity index (χ0) is 21.4. The van der Waals surface area contributed by atoms with Gasteiger partial charge in [-0.2, -0.15) is 5.10 Å². The first kappa shape index (κ1) is 22.8. The monoisotopic (exact) mass is 399 g/mol. The van der Waals surface area contributed by atoms with Gasteiger partial charge in [0.1, 0.15) is 5.75 Å². The Kier molecular flexibility index (Phi) is 8.55. The van der Waals surface area contributed by atoms with Crippen LogP contribution in [0.3, 0.4) is 0 Å². The third-order valence-electron chi connectivity index (χ3n) is 4.80. The maximum atomic E-state index is 5.83. The molecule has 1 heterocycles. The highest BCUT2D eigenvalue weighted by molar-refractivity contribution is 5.80. The molecule has 6 nitrogen and oxygen atoms in total. The fraction of sp³-hybridized carbons (Fsp3) is 0.565. The van der Waals surface area contributed by atoms with Crippen molar-refractivity contribution >= 4 is 5.96 Å². The van der Waals surface area contributed by atoms with Gasteiger partial charge in [0.25, 0.3) is 0 Å². The van der Waals surface area contributed by atoms with Gasteiger partial charge in [0.05, 0.1) is 18.8 Å². The van der Waals surface area contributed by atoms with E-state index in [-0.39, 0.29) is 6.04 Å². The second-order valence-electron chi connectivity index (χ2n) is 8.07. The molecule has 0 saturated carbocycles. The van der Waals surface area contributed by atoms with E-state index in [4.69, 9.17) is 9.73 Å². The van der Waals surface area contributed by atoms with Crippen molar-refractivity contribution in [3.05, 3.63) is 46.8 Å². The number of benzene rings is 1. The van der Waals surface area contributed by atoms with Crippen LogP contribution < -0.4 is 15.4 Å². The van der Waals surface area contributed by atoms with Crippen molar-refractivity contribution in [1.29, 1.82) is 0 Å². The number of nitrogens with one attached hydrogen (secondary N) is 2. The van der Waals surface area contributed by atoms with Gasteiger partial charge >= 0.3 is 0 Å². The molecular weight excluding hydrogens is 362 g/mol. The molecule has 0 aliphatic rings. The number of rotatable bonds is 9. The minimum Gasteiger partial charge on any atom is -0.493 e. The predicted octanol–water partition coefficient (Wildman–Crippen LogP) is 3.76. The molecule has 1 aromatic heterocycles. The van der Waals surface area contributed by atoms with Crippen LogP contribution in [-0.2, 0) is 20.0 Å². The molecule has 0 amide bonds. The molecule has 1 aromatic carbocycles. The first-order chi connectivity index (χ1) is 13.8. The van der Waals surface area contributed by atoms with E-state index in [1.807, 2.05) is 23.9 Å². The van der Waals surface area contributed by atoms with Gasteiger partial charge in [0, 0.05) is 25.3 Å². The fourth-order valence-corrected chi connectivity index (χ4v) is 3.19. The van der Waals surface area contributed by atoms with Crippen molar-refractivity contribution in [3.63, 3.8) is 0 Å². The summed E-state index contributed by atoms with van der Waals surface area (Å²) in [4.78, 5) is 4.77. The molecule has 29 heavy (non-hydrogen) atoms. The topological polar surface area (TPSA) is 63.5 Å². The van der Waals surface area contributed by atoms with Crippen LogP contribution in [0, 0.1) is 19.8 Å². The van der Waals surface area contributed by atoms with Crippen LogP contribution >= 0.6 is 0 Å². The Morgan fingerprint density at radius 2 is 2.00 bits per heavy atom. The van der Waals surface area contributed by atoms with Crippen LogP contribution in [-0.4, -0.2) is 34.9 Å². The Morgan fingerprint density at radius 1 is 1.24 bits per heavy atom. The maximum absolute atomic E-state index is 5.83.